The lowest BCUT2D eigenvalue weighted by atomic mass is 10.1. The molecule has 2 aliphatic heterocycles. The van der Waals surface area contributed by atoms with Gasteiger partial charge >= 0.3 is 5.97 Å². The van der Waals surface area contributed by atoms with Crippen molar-refractivity contribution in [2.75, 3.05) is 13.2 Å². The maximum atomic E-state index is 11.3. The van der Waals surface area contributed by atoms with Gasteiger partial charge < -0.3 is 23.7 Å². The van der Waals surface area contributed by atoms with Crippen molar-refractivity contribution in [3.05, 3.63) is 43.0 Å². The predicted molar refractivity (Wildman–Crippen MR) is 85.4 cm³/mol. The molecule has 0 saturated carbocycles. The van der Waals surface area contributed by atoms with Crippen LogP contribution in [-0.4, -0.2) is 43.5 Å². The average molecular weight is 334 g/mol. The van der Waals surface area contributed by atoms with Crippen LogP contribution in [-0.2, 0) is 23.7 Å². The number of carbonyl (C=O) groups excluding carboxylic acids is 1. The molecule has 1 aromatic carbocycles. The Morgan fingerprint density at radius 2 is 2.21 bits per heavy atom. The molecule has 0 amide bonds. The van der Waals surface area contributed by atoms with Gasteiger partial charge in [0.15, 0.2) is 0 Å². The molecule has 2 aliphatic rings. The predicted octanol–water partition coefficient (Wildman–Crippen LogP) is 2.43. The van der Waals surface area contributed by atoms with Crippen molar-refractivity contribution in [3.8, 4) is 5.75 Å². The van der Waals surface area contributed by atoms with E-state index < -0.39 is 11.9 Å². The van der Waals surface area contributed by atoms with Crippen LogP contribution in [0.5, 0.6) is 5.75 Å². The zero-order valence-corrected chi connectivity index (χ0v) is 13.7. The van der Waals surface area contributed by atoms with Gasteiger partial charge in [-0.3, -0.25) is 0 Å². The second-order valence-electron chi connectivity index (χ2n) is 5.90. The normalized spacial score (nSPS) is 30.2. The molecule has 0 aliphatic carbocycles. The molecule has 3 rings (SSSR count). The van der Waals surface area contributed by atoms with E-state index in [0.717, 1.165) is 11.8 Å². The van der Waals surface area contributed by atoms with E-state index in [2.05, 4.69) is 6.58 Å². The third-order valence-electron chi connectivity index (χ3n) is 4.07. The fourth-order valence-electron chi connectivity index (χ4n) is 2.83. The second kappa shape index (κ2) is 7.34. The van der Waals surface area contributed by atoms with Crippen molar-refractivity contribution in [1.82, 2.24) is 0 Å². The van der Waals surface area contributed by atoms with Crippen LogP contribution in [0.4, 0.5) is 0 Å². The van der Waals surface area contributed by atoms with Gasteiger partial charge in [-0.05, 0) is 25.5 Å². The summed E-state index contributed by atoms with van der Waals surface area (Å²) in [6.07, 6.45) is 1.58. The van der Waals surface area contributed by atoms with E-state index in [4.69, 9.17) is 23.7 Å². The molecule has 0 radical (unpaired) electrons. The van der Waals surface area contributed by atoms with Crippen LogP contribution >= 0.6 is 0 Å². The van der Waals surface area contributed by atoms with Crippen molar-refractivity contribution in [2.24, 2.45) is 0 Å². The van der Waals surface area contributed by atoms with Gasteiger partial charge in [-0.2, -0.15) is 0 Å². The van der Waals surface area contributed by atoms with E-state index in [0.29, 0.717) is 26.1 Å². The monoisotopic (exact) mass is 334 g/mol. The van der Waals surface area contributed by atoms with Crippen LogP contribution in [0.15, 0.2) is 43.0 Å². The molecule has 4 unspecified atom stereocenters. The van der Waals surface area contributed by atoms with Gasteiger partial charge in [-0.1, -0.05) is 24.8 Å². The maximum absolute atomic E-state index is 11.3. The minimum atomic E-state index is -1.05. The number of hydrogen-bond acceptors (Lipinski definition) is 6. The van der Waals surface area contributed by atoms with Crippen molar-refractivity contribution in [1.29, 1.82) is 0 Å². The largest absolute Gasteiger partial charge is 0.491 e. The van der Waals surface area contributed by atoms with Gasteiger partial charge in [0.05, 0.1) is 6.61 Å². The highest BCUT2D eigenvalue weighted by molar-refractivity contribution is 5.81. The van der Waals surface area contributed by atoms with Gasteiger partial charge in [-0.25, -0.2) is 4.79 Å². The van der Waals surface area contributed by atoms with Crippen LogP contribution in [0.2, 0.25) is 0 Å². The molecule has 0 bridgehead atoms. The van der Waals surface area contributed by atoms with Gasteiger partial charge in [0.25, 0.3) is 5.97 Å². The van der Waals surface area contributed by atoms with E-state index in [1.807, 2.05) is 30.3 Å². The van der Waals surface area contributed by atoms with Crippen LogP contribution in [0, 0.1) is 0 Å². The molecule has 6 heteroatoms. The third-order valence-corrected chi connectivity index (χ3v) is 4.07. The Labute approximate surface area is 141 Å². The van der Waals surface area contributed by atoms with Crippen molar-refractivity contribution in [2.45, 2.75) is 44.1 Å². The van der Waals surface area contributed by atoms with Crippen LogP contribution < -0.4 is 4.74 Å². The first-order chi connectivity index (χ1) is 11.6. The number of rotatable bonds is 6. The summed E-state index contributed by atoms with van der Waals surface area (Å²) in [7, 11) is 0. The summed E-state index contributed by atoms with van der Waals surface area (Å²) < 4.78 is 28.4. The molecular formula is C18H22O6. The highest BCUT2D eigenvalue weighted by Gasteiger charge is 2.50. The first-order valence-corrected chi connectivity index (χ1v) is 8.11. The first-order valence-electron chi connectivity index (χ1n) is 8.11. The number of esters is 1. The van der Waals surface area contributed by atoms with Gasteiger partial charge in [0.2, 0.25) is 0 Å². The molecule has 1 spiro atoms. The number of hydrogen-bond donors (Lipinski definition) is 0. The molecule has 1 aromatic rings. The molecular weight excluding hydrogens is 312 g/mol. The summed E-state index contributed by atoms with van der Waals surface area (Å²) in [4.78, 5) is 11.3. The quantitative estimate of drug-likeness (QED) is 0.588. The molecule has 0 aromatic heterocycles. The first kappa shape index (κ1) is 17.0. The fourth-order valence-corrected chi connectivity index (χ4v) is 2.83. The summed E-state index contributed by atoms with van der Waals surface area (Å²) in [5.74, 6) is -0.726. The summed E-state index contributed by atoms with van der Waals surface area (Å²) in [6.45, 7) is 5.97. The molecule has 2 heterocycles. The van der Waals surface area contributed by atoms with Gasteiger partial charge in [0.1, 0.15) is 30.7 Å². The summed E-state index contributed by atoms with van der Waals surface area (Å²) in [5.41, 5.74) is 0. The molecule has 4 atom stereocenters. The lowest BCUT2D eigenvalue weighted by molar-refractivity contribution is -0.332. The summed E-state index contributed by atoms with van der Waals surface area (Å²) in [6, 6.07) is 9.55. The number of ether oxygens (including phenoxy) is 5. The van der Waals surface area contributed by atoms with Crippen LogP contribution in [0.25, 0.3) is 0 Å². The number of carbonyl (C=O) groups is 1. The lowest BCUT2D eigenvalue weighted by Crippen LogP contribution is -2.35. The van der Waals surface area contributed by atoms with Crippen LogP contribution in [0.3, 0.4) is 0 Å². The topological polar surface area (TPSA) is 63.2 Å². The van der Waals surface area contributed by atoms with Crippen molar-refractivity contribution >= 4 is 5.97 Å². The molecule has 6 nitrogen and oxygen atoms in total. The van der Waals surface area contributed by atoms with Crippen molar-refractivity contribution < 1.29 is 28.5 Å². The van der Waals surface area contributed by atoms with E-state index >= 15 is 0 Å². The Bertz CT molecular complexity index is 574. The molecule has 2 saturated heterocycles. The summed E-state index contributed by atoms with van der Waals surface area (Å²) >= 11 is 0. The minimum Gasteiger partial charge on any atom is -0.491 e. The maximum Gasteiger partial charge on any atom is 0.330 e. The Kier molecular flexibility index (Phi) is 5.18. The minimum absolute atomic E-state index is 0.199. The highest BCUT2D eigenvalue weighted by Crippen LogP contribution is 2.39. The second-order valence-corrected chi connectivity index (χ2v) is 5.90. The lowest BCUT2D eigenvalue weighted by Gasteiger charge is -2.25. The Hall–Kier alpha value is -1.89. The Morgan fingerprint density at radius 3 is 2.96 bits per heavy atom. The third kappa shape index (κ3) is 3.95. The SMILES string of the molecule is C=CC(=O)OC(C)C1CCC2(OCC(COc3ccccc3)O2)O1. The molecule has 2 fully saturated rings. The molecule has 130 valence electrons. The van der Waals surface area contributed by atoms with Gasteiger partial charge in [-0.15, -0.1) is 0 Å². The fraction of sp³-hybridized carbons (Fsp3) is 0.500. The Balaban J connectivity index is 1.48. The highest BCUT2D eigenvalue weighted by atomic mass is 16.9. The zero-order valence-electron chi connectivity index (χ0n) is 13.7. The van der Waals surface area contributed by atoms with Crippen molar-refractivity contribution in [3.63, 3.8) is 0 Å². The van der Waals surface area contributed by atoms with E-state index in [1.54, 1.807) is 6.92 Å². The number of benzene rings is 1. The van der Waals surface area contributed by atoms with E-state index in [-0.39, 0.29) is 18.3 Å². The Morgan fingerprint density at radius 1 is 1.42 bits per heavy atom. The van der Waals surface area contributed by atoms with Gasteiger partial charge in [0, 0.05) is 12.5 Å². The smallest absolute Gasteiger partial charge is 0.330 e. The van der Waals surface area contributed by atoms with E-state index in [1.165, 1.54) is 0 Å². The molecule has 0 N–H and O–H groups in total. The van der Waals surface area contributed by atoms with E-state index in [9.17, 15) is 4.79 Å². The number of para-hydroxylation sites is 1. The average Bonchev–Trinajstić information content (AvgIpc) is 3.21. The van der Waals surface area contributed by atoms with Crippen LogP contribution in [0.1, 0.15) is 19.8 Å². The standard InChI is InChI=1S/C18H22O6/c1-3-17(19)22-13(2)16-9-10-18(24-16)21-12-15(23-18)11-20-14-7-5-4-6-8-14/h3-8,13,15-16H,1,9-12H2,2H3. The molecule has 24 heavy (non-hydrogen) atoms. The summed E-state index contributed by atoms with van der Waals surface area (Å²) in [5, 5.41) is 0. The zero-order chi connectivity index (χ0) is 17.0.